The third-order valence-corrected chi connectivity index (χ3v) is 6.63. The molecule has 1 amide bonds. The molecule has 3 aliphatic rings. The molecule has 2 saturated carbocycles. The van der Waals surface area contributed by atoms with Crippen molar-refractivity contribution in [1.29, 1.82) is 0 Å². The van der Waals surface area contributed by atoms with Crippen LogP contribution in [0.25, 0.3) is 0 Å². The summed E-state index contributed by atoms with van der Waals surface area (Å²) in [6, 6.07) is 0.297. The summed E-state index contributed by atoms with van der Waals surface area (Å²) in [7, 11) is 0. The molecular formula is C14H22N2O2S. The number of aliphatic imine (C=N–C) groups is 1. The molecule has 0 radical (unpaired) electrons. The maximum absolute atomic E-state index is 12.1. The van der Waals surface area contributed by atoms with Gasteiger partial charge in [-0.1, -0.05) is 25.6 Å². The lowest BCUT2D eigenvalue weighted by Gasteiger charge is -2.23. The van der Waals surface area contributed by atoms with Crippen LogP contribution in [0.3, 0.4) is 0 Å². The van der Waals surface area contributed by atoms with Crippen molar-refractivity contribution >= 4 is 22.8 Å². The Morgan fingerprint density at radius 3 is 2.58 bits per heavy atom. The third kappa shape index (κ3) is 2.11. The molecule has 106 valence electrons. The molecule has 19 heavy (non-hydrogen) atoms. The van der Waals surface area contributed by atoms with Gasteiger partial charge in [0.15, 0.2) is 5.17 Å². The maximum atomic E-state index is 12.1. The Morgan fingerprint density at radius 2 is 2.11 bits per heavy atom. The van der Waals surface area contributed by atoms with Crippen LogP contribution in [-0.4, -0.2) is 33.1 Å². The molecule has 1 unspecified atom stereocenters. The molecule has 0 aromatic carbocycles. The van der Waals surface area contributed by atoms with E-state index >= 15 is 0 Å². The summed E-state index contributed by atoms with van der Waals surface area (Å²) in [5.74, 6) is 1.30. The summed E-state index contributed by atoms with van der Waals surface area (Å²) in [6.45, 7) is 6.14. The van der Waals surface area contributed by atoms with Crippen molar-refractivity contribution in [2.45, 2.75) is 56.9 Å². The topological polar surface area (TPSA) is 61.7 Å². The fourth-order valence-corrected chi connectivity index (χ4v) is 4.57. The van der Waals surface area contributed by atoms with Gasteiger partial charge in [-0.15, -0.1) is 0 Å². The van der Waals surface area contributed by atoms with Crippen LogP contribution in [0, 0.1) is 17.8 Å². The number of amides is 1. The monoisotopic (exact) mass is 282 g/mol. The first kappa shape index (κ1) is 13.4. The molecule has 3 fully saturated rings. The molecule has 5 heteroatoms. The van der Waals surface area contributed by atoms with Crippen LogP contribution in [0.1, 0.15) is 40.0 Å². The highest BCUT2D eigenvalue weighted by atomic mass is 32.2. The van der Waals surface area contributed by atoms with Crippen molar-refractivity contribution in [2.24, 2.45) is 22.7 Å². The van der Waals surface area contributed by atoms with Crippen molar-refractivity contribution in [3.63, 3.8) is 0 Å². The molecule has 1 saturated heterocycles. The van der Waals surface area contributed by atoms with E-state index in [0.29, 0.717) is 17.9 Å². The molecule has 1 aliphatic heterocycles. The van der Waals surface area contributed by atoms with Crippen LogP contribution < -0.4 is 5.32 Å². The Bertz CT molecular complexity index is 435. The summed E-state index contributed by atoms with van der Waals surface area (Å²) in [6.07, 6.45) is 2.84. The Labute approximate surface area is 118 Å². The van der Waals surface area contributed by atoms with E-state index in [1.54, 1.807) is 11.8 Å². The van der Waals surface area contributed by atoms with Crippen molar-refractivity contribution < 1.29 is 9.90 Å². The van der Waals surface area contributed by atoms with Crippen molar-refractivity contribution in [2.75, 3.05) is 0 Å². The Hall–Kier alpha value is -0.550. The summed E-state index contributed by atoms with van der Waals surface area (Å²) in [5, 5.41) is 13.5. The summed E-state index contributed by atoms with van der Waals surface area (Å²) in [4.78, 5) is 16.8. The van der Waals surface area contributed by atoms with E-state index in [1.165, 1.54) is 0 Å². The molecule has 3 rings (SSSR count). The van der Waals surface area contributed by atoms with Crippen molar-refractivity contribution in [3.8, 4) is 0 Å². The standard InChI is InChI=1S/C14H22N2O2S/c1-7(2)14(3)12(18)16-13(19-14)15-10-5-9-4-8(10)6-11(9)17/h7-11,17H,4-6H2,1-3H3,(H,15,16,18)/t8-,9-,10-,11?,14+/m1/s1. The number of aliphatic hydroxyl groups excluding tert-OH is 1. The van der Waals surface area contributed by atoms with Gasteiger partial charge >= 0.3 is 0 Å². The molecule has 4 nitrogen and oxygen atoms in total. The third-order valence-electron chi connectivity index (χ3n) is 5.15. The number of hydrogen-bond acceptors (Lipinski definition) is 4. The van der Waals surface area contributed by atoms with Gasteiger partial charge in [0.25, 0.3) is 0 Å². The molecule has 2 bridgehead atoms. The maximum Gasteiger partial charge on any atom is 0.242 e. The van der Waals surface area contributed by atoms with Crippen LogP contribution in [0.4, 0.5) is 0 Å². The number of rotatable bonds is 2. The normalized spacial score (nSPS) is 47.4. The first-order valence-corrected chi connectivity index (χ1v) is 7.98. The second-order valence-corrected chi connectivity index (χ2v) is 8.05. The van der Waals surface area contributed by atoms with Gasteiger partial charge in [0.05, 0.1) is 12.1 Å². The zero-order valence-corrected chi connectivity index (χ0v) is 12.5. The smallest absolute Gasteiger partial charge is 0.242 e. The molecular weight excluding hydrogens is 260 g/mol. The van der Waals surface area contributed by atoms with E-state index in [-0.39, 0.29) is 17.9 Å². The second-order valence-electron chi connectivity index (χ2n) is 6.61. The number of fused-ring (bicyclic) bond motifs is 2. The van der Waals surface area contributed by atoms with Gasteiger partial charge in [-0.2, -0.15) is 0 Å². The minimum absolute atomic E-state index is 0.0782. The minimum atomic E-state index is -0.393. The fourth-order valence-electron chi connectivity index (χ4n) is 3.46. The van der Waals surface area contributed by atoms with E-state index in [9.17, 15) is 9.90 Å². The second kappa shape index (κ2) is 4.48. The first-order valence-electron chi connectivity index (χ1n) is 7.16. The van der Waals surface area contributed by atoms with Crippen LogP contribution in [-0.2, 0) is 4.79 Å². The highest BCUT2D eigenvalue weighted by Crippen LogP contribution is 2.47. The summed E-state index contributed by atoms with van der Waals surface area (Å²) >= 11 is 1.57. The summed E-state index contributed by atoms with van der Waals surface area (Å²) < 4.78 is -0.393. The van der Waals surface area contributed by atoms with E-state index in [4.69, 9.17) is 4.99 Å². The van der Waals surface area contributed by atoms with Gasteiger partial charge in [0.1, 0.15) is 4.75 Å². The zero-order chi connectivity index (χ0) is 13.8. The van der Waals surface area contributed by atoms with Gasteiger partial charge in [-0.05, 0) is 43.9 Å². The molecule has 2 aliphatic carbocycles. The quantitative estimate of drug-likeness (QED) is 0.811. The highest BCUT2D eigenvalue weighted by Gasteiger charge is 2.48. The highest BCUT2D eigenvalue weighted by molar-refractivity contribution is 8.16. The van der Waals surface area contributed by atoms with E-state index < -0.39 is 4.75 Å². The van der Waals surface area contributed by atoms with Gasteiger partial charge in [-0.25, -0.2) is 0 Å². The average Bonchev–Trinajstić information content (AvgIpc) is 2.94. The SMILES string of the molecule is CC(C)[C@]1(C)SC(=N[C@@H]2C[C@H]3C[C@@H]2CC3O)NC1=O. The lowest BCUT2D eigenvalue weighted by Crippen LogP contribution is -2.38. The Balaban J connectivity index is 1.72. The Morgan fingerprint density at radius 1 is 1.37 bits per heavy atom. The van der Waals surface area contributed by atoms with Crippen LogP contribution >= 0.6 is 11.8 Å². The van der Waals surface area contributed by atoms with Gasteiger partial charge in [-0.3, -0.25) is 9.79 Å². The van der Waals surface area contributed by atoms with E-state index in [2.05, 4.69) is 19.2 Å². The molecule has 2 N–H and O–H groups in total. The Kier molecular flexibility index (Phi) is 3.17. The predicted octanol–water partition coefficient (Wildman–Crippen LogP) is 1.78. The first-order chi connectivity index (χ1) is 8.90. The fraction of sp³-hybridized carbons (Fsp3) is 0.857. The molecule has 0 spiro atoms. The number of nitrogens with one attached hydrogen (secondary N) is 1. The van der Waals surface area contributed by atoms with E-state index in [1.807, 2.05) is 6.92 Å². The van der Waals surface area contributed by atoms with Crippen LogP contribution in [0.5, 0.6) is 0 Å². The van der Waals surface area contributed by atoms with Crippen molar-refractivity contribution in [1.82, 2.24) is 5.32 Å². The van der Waals surface area contributed by atoms with Gasteiger partial charge in [0, 0.05) is 0 Å². The average molecular weight is 282 g/mol. The number of amidine groups is 1. The molecule has 1 heterocycles. The molecule has 0 aromatic heterocycles. The van der Waals surface area contributed by atoms with Gasteiger partial charge < -0.3 is 10.4 Å². The minimum Gasteiger partial charge on any atom is -0.393 e. The molecule has 5 atom stereocenters. The number of aliphatic hydroxyl groups is 1. The lowest BCUT2D eigenvalue weighted by atomic mass is 9.94. The van der Waals surface area contributed by atoms with Gasteiger partial charge in [0.2, 0.25) is 5.91 Å². The summed E-state index contributed by atoms with van der Waals surface area (Å²) in [5.41, 5.74) is 0. The largest absolute Gasteiger partial charge is 0.393 e. The van der Waals surface area contributed by atoms with Crippen LogP contribution in [0.15, 0.2) is 4.99 Å². The number of carbonyl (C=O) groups is 1. The predicted molar refractivity (Wildman–Crippen MR) is 77.0 cm³/mol. The number of carbonyl (C=O) groups excluding carboxylic acids is 1. The zero-order valence-electron chi connectivity index (χ0n) is 11.7. The van der Waals surface area contributed by atoms with Crippen molar-refractivity contribution in [3.05, 3.63) is 0 Å². The number of nitrogens with zero attached hydrogens (tertiary/aromatic N) is 1. The number of hydrogen-bond donors (Lipinski definition) is 2. The molecule has 0 aromatic rings. The lowest BCUT2D eigenvalue weighted by molar-refractivity contribution is -0.122. The number of thioether (sulfide) groups is 1. The van der Waals surface area contributed by atoms with E-state index in [0.717, 1.165) is 24.4 Å². The van der Waals surface area contributed by atoms with Crippen LogP contribution in [0.2, 0.25) is 0 Å².